The Hall–Kier alpha value is -3.27. The third kappa shape index (κ3) is 3.98. The van der Waals surface area contributed by atoms with Crippen LogP contribution in [0.5, 0.6) is 0 Å². The fraction of sp³-hybridized carbons (Fsp3) is 0.0952. The number of amides is 1. The van der Waals surface area contributed by atoms with Gasteiger partial charge < -0.3 is 10.5 Å². The average Bonchev–Trinajstić information content (AvgIpc) is 2.67. The molecule has 0 unspecified atom stereocenters. The number of carbonyl (C=O) groups excluding carboxylic acids is 1. The van der Waals surface area contributed by atoms with Gasteiger partial charge >= 0.3 is 6.09 Å². The van der Waals surface area contributed by atoms with E-state index in [-0.39, 0.29) is 6.61 Å². The van der Waals surface area contributed by atoms with Crippen LogP contribution in [-0.2, 0) is 11.3 Å². The molecule has 1 amide bonds. The molecule has 0 aliphatic heterocycles. The van der Waals surface area contributed by atoms with E-state index in [1.807, 2.05) is 78.9 Å². The number of hydrogen-bond acceptors (Lipinski definition) is 3. The molecular weight excluding hydrogens is 312 g/mol. The van der Waals surface area contributed by atoms with Gasteiger partial charge in [0.25, 0.3) is 0 Å². The van der Waals surface area contributed by atoms with E-state index in [0.717, 1.165) is 22.4 Å². The molecular formula is C21H20N2O2. The molecule has 0 bridgehead atoms. The van der Waals surface area contributed by atoms with Crippen LogP contribution in [0, 0.1) is 0 Å². The topological polar surface area (TPSA) is 55.6 Å². The maximum atomic E-state index is 12.3. The van der Waals surface area contributed by atoms with Crippen molar-refractivity contribution in [1.29, 1.82) is 0 Å². The molecule has 0 radical (unpaired) electrons. The van der Waals surface area contributed by atoms with Crippen LogP contribution < -0.4 is 10.6 Å². The second-order valence-electron chi connectivity index (χ2n) is 5.74. The van der Waals surface area contributed by atoms with Gasteiger partial charge in [0.1, 0.15) is 6.61 Å². The van der Waals surface area contributed by atoms with Crippen LogP contribution in [0.25, 0.3) is 11.1 Å². The SMILES string of the molecule is CN(C(=O)OCc1ccccc1)c1cccc(-c2ccccc2N)c1. The summed E-state index contributed by atoms with van der Waals surface area (Å²) in [6.07, 6.45) is -0.401. The first-order valence-corrected chi connectivity index (χ1v) is 8.04. The Balaban J connectivity index is 1.74. The van der Waals surface area contributed by atoms with Crippen LogP contribution in [0.4, 0.5) is 16.2 Å². The molecule has 3 aromatic carbocycles. The Bertz CT molecular complexity index is 863. The van der Waals surface area contributed by atoms with Crippen molar-refractivity contribution in [3.63, 3.8) is 0 Å². The number of benzene rings is 3. The molecule has 0 aliphatic carbocycles. The molecule has 0 heterocycles. The normalized spacial score (nSPS) is 10.3. The number of carbonyl (C=O) groups is 1. The molecule has 2 N–H and O–H groups in total. The molecule has 126 valence electrons. The minimum atomic E-state index is -0.401. The summed E-state index contributed by atoms with van der Waals surface area (Å²) >= 11 is 0. The van der Waals surface area contributed by atoms with Gasteiger partial charge in [0.05, 0.1) is 0 Å². The lowest BCUT2D eigenvalue weighted by atomic mass is 10.0. The highest BCUT2D eigenvalue weighted by Gasteiger charge is 2.13. The van der Waals surface area contributed by atoms with Crippen molar-refractivity contribution >= 4 is 17.5 Å². The predicted molar refractivity (Wildman–Crippen MR) is 101 cm³/mol. The minimum Gasteiger partial charge on any atom is -0.444 e. The smallest absolute Gasteiger partial charge is 0.414 e. The maximum Gasteiger partial charge on any atom is 0.414 e. The van der Waals surface area contributed by atoms with E-state index in [9.17, 15) is 4.79 Å². The number of para-hydroxylation sites is 1. The largest absolute Gasteiger partial charge is 0.444 e. The number of hydrogen-bond donors (Lipinski definition) is 1. The van der Waals surface area contributed by atoms with Crippen molar-refractivity contribution in [2.24, 2.45) is 0 Å². The van der Waals surface area contributed by atoms with E-state index < -0.39 is 6.09 Å². The third-order valence-electron chi connectivity index (χ3n) is 3.98. The number of nitrogens with two attached hydrogens (primary N) is 1. The van der Waals surface area contributed by atoms with Gasteiger partial charge in [-0.2, -0.15) is 0 Å². The Kier molecular flexibility index (Phi) is 5.00. The number of rotatable bonds is 4. The van der Waals surface area contributed by atoms with Crippen LogP contribution in [-0.4, -0.2) is 13.1 Å². The number of ether oxygens (including phenoxy) is 1. The molecule has 3 aromatic rings. The summed E-state index contributed by atoms with van der Waals surface area (Å²) in [6.45, 7) is 0.245. The molecule has 0 spiro atoms. The van der Waals surface area contributed by atoms with Gasteiger partial charge in [-0.25, -0.2) is 4.79 Å². The summed E-state index contributed by atoms with van der Waals surface area (Å²) in [7, 11) is 1.70. The van der Waals surface area contributed by atoms with Crippen molar-refractivity contribution in [3.8, 4) is 11.1 Å². The van der Waals surface area contributed by atoms with Gasteiger partial charge in [-0.05, 0) is 29.3 Å². The summed E-state index contributed by atoms with van der Waals surface area (Å²) in [5.41, 5.74) is 10.3. The zero-order chi connectivity index (χ0) is 17.6. The summed E-state index contributed by atoms with van der Waals surface area (Å²) in [5, 5.41) is 0. The molecule has 0 saturated carbocycles. The molecule has 0 aromatic heterocycles. The standard InChI is InChI=1S/C21H20N2O2/c1-23(21(24)25-15-16-8-3-2-4-9-16)18-11-7-10-17(14-18)19-12-5-6-13-20(19)22/h2-14H,15,22H2,1H3. The number of nitrogens with zero attached hydrogens (tertiary/aromatic N) is 1. The Morgan fingerprint density at radius 2 is 1.68 bits per heavy atom. The van der Waals surface area contributed by atoms with Crippen molar-refractivity contribution in [2.75, 3.05) is 17.7 Å². The van der Waals surface area contributed by atoms with Crippen LogP contribution in [0.1, 0.15) is 5.56 Å². The molecule has 25 heavy (non-hydrogen) atoms. The number of nitrogen functional groups attached to an aromatic ring is 1. The molecule has 4 heteroatoms. The molecule has 0 saturated heterocycles. The highest BCUT2D eigenvalue weighted by molar-refractivity contribution is 5.89. The highest BCUT2D eigenvalue weighted by atomic mass is 16.6. The lowest BCUT2D eigenvalue weighted by Crippen LogP contribution is -2.26. The second kappa shape index (κ2) is 7.53. The monoisotopic (exact) mass is 332 g/mol. The summed E-state index contributed by atoms with van der Waals surface area (Å²) in [6, 6.07) is 24.9. The molecule has 3 rings (SSSR count). The minimum absolute atomic E-state index is 0.245. The molecule has 0 aliphatic rings. The summed E-state index contributed by atoms with van der Waals surface area (Å²) in [5.74, 6) is 0. The molecule has 0 atom stereocenters. The maximum absolute atomic E-state index is 12.3. The molecule has 0 fully saturated rings. The van der Waals surface area contributed by atoms with Crippen molar-refractivity contribution in [1.82, 2.24) is 0 Å². The summed E-state index contributed by atoms with van der Waals surface area (Å²) < 4.78 is 5.38. The van der Waals surface area contributed by atoms with Gasteiger partial charge in [0.15, 0.2) is 0 Å². The quantitative estimate of drug-likeness (QED) is 0.704. The predicted octanol–water partition coefficient (Wildman–Crippen LogP) is 4.71. The number of anilines is 2. The van der Waals surface area contributed by atoms with Crippen LogP contribution in [0.2, 0.25) is 0 Å². The lowest BCUT2D eigenvalue weighted by Gasteiger charge is -2.18. The van der Waals surface area contributed by atoms with Crippen LogP contribution >= 0.6 is 0 Å². The van der Waals surface area contributed by atoms with Crippen molar-refractivity contribution in [3.05, 3.63) is 84.4 Å². The summed E-state index contributed by atoms with van der Waals surface area (Å²) in [4.78, 5) is 13.8. The zero-order valence-electron chi connectivity index (χ0n) is 14.1. The van der Waals surface area contributed by atoms with Crippen LogP contribution in [0.3, 0.4) is 0 Å². The highest BCUT2D eigenvalue weighted by Crippen LogP contribution is 2.28. The van der Waals surface area contributed by atoms with E-state index >= 15 is 0 Å². The van der Waals surface area contributed by atoms with Gasteiger partial charge in [0, 0.05) is 24.0 Å². The first-order valence-electron chi connectivity index (χ1n) is 8.04. The van der Waals surface area contributed by atoms with Gasteiger partial charge in [-0.15, -0.1) is 0 Å². The fourth-order valence-electron chi connectivity index (χ4n) is 2.56. The van der Waals surface area contributed by atoms with Gasteiger partial charge in [-0.1, -0.05) is 60.7 Å². The van der Waals surface area contributed by atoms with Crippen molar-refractivity contribution in [2.45, 2.75) is 6.61 Å². The van der Waals surface area contributed by atoms with Gasteiger partial charge in [0.2, 0.25) is 0 Å². The molecule has 4 nitrogen and oxygen atoms in total. The Morgan fingerprint density at radius 3 is 2.44 bits per heavy atom. The van der Waals surface area contributed by atoms with E-state index in [0.29, 0.717) is 5.69 Å². The Labute approximate surface area is 147 Å². The average molecular weight is 332 g/mol. The van der Waals surface area contributed by atoms with E-state index in [1.165, 1.54) is 4.90 Å². The van der Waals surface area contributed by atoms with E-state index in [1.54, 1.807) is 7.05 Å². The van der Waals surface area contributed by atoms with Gasteiger partial charge in [-0.3, -0.25) is 4.90 Å². The zero-order valence-corrected chi connectivity index (χ0v) is 14.1. The fourth-order valence-corrected chi connectivity index (χ4v) is 2.56. The lowest BCUT2D eigenvalue weighted by molar-refractivity contribution is 0.148. The van der Waals surface area contributed by atoms with E-state index in [2.05, 4.69) is 0 Å². The van der Waals surface area contributed by atoms with Crippen molar-refractivity contribution < 1.29 is 9.53 Å². The van der Waals surface area contributed by atoms with E-state index in [4.69, 9.17) is 10.5 Å². The van der Waals surface area contributed by atoms with Crippen LogP contribution in [0.15, 0.2) is 78.9 Å². The second-order valence-corrected chi connectivity index (χ2v) is 5.74. The first-order chi connectivity index (χ1) is 12.1. The Morgan fingerprint density at radius 1 is 0.960 bits per heavy atom. The third-order valence-corrected chi connectivity index (χ3v) is 3.98. The first kappa shape index (κ1) is 16.6.